The number of aliphatic hydroxyl groups is 1. The maximum absolute atomic E-state index is 9.30. The van der Waals surface area contributed by atoms with Gasteiger partial charge in [0.1, 0.15) is 0 Å². The first-order valence-electron chi connectivity index (χ1n) is 5.54. The van der Waals surface area contributed by atoms with Gasteiger partial charge in [0.25, 0.3) is 0 Å². The van der Waals surface area contributed by atoms with Gasteiger partial charge in [0.05, 0.1) is 12.7 Å². The Kier molecular flexibility index (Phi) is 3.75. The van der Waals surface area contributed by atoms with E-state index in [0.717, 1.165) is 39.3 Å². The zero-order valence-electron chi connectivity index (χ0n) is 8.54. The van der Waals surface area contributed by atoms with Crippen molar-refractivity contribution in [1.29, 1.82) is 0 Å². The number of hydrogen-bond acceptors (Lipinski definition) is 4. The number of β-amino-alcohol motifs (C(OH)–C–C–N with tert-alkyl or cyclic N) is 1. The summed E-state index contributed by atoms with van der Waals surface area (Å²) in [5.41, 5.74) is 0. The predicted molar refractivity (Wildman–Crippen MR) is 54.2 cm³/mol. The Morgan fingerprint density at radius 3 is 3.00 bits per heavy atom. The van der Waals surface area contributed by atoms with E-state index >= 15 is 0 Å². The molecule has 4 heteroatoms. The Balaban J connectivity index is 1.54. The number of hydrogen-bond donors (Lipinski definition) is 3. The summed E-state index contributed by atoms with van der Waals surface area (Å²) in [5.74, 6) is 0.696. The van der Waals surface area contributed by atoms with Gasteiger partial charge in [-0.1, -0.05) is 0 Å². The van der Waals surface area contributed by atoms with Crippen molar-refractivity contribution in [3.05, 3.63) is 0 Å². The standard InChI is InChI=1S/C10H20N2O2/c13-10-3-9(12-6-10)5-11-4-8-1-2-14-7-8/h8-13H,1-7H2. The van der Waals surface area contributed by atoms with E-state index in [4.69, 9.17) is 4.74 Å². The topological polar surface area (TPSA) is 53.5 Å². The summed E-state index contributed by atoms with van der Waals surface area (Å²) in [6.07, 6.45) is 1.93. The van der Waals surface area contributed by atoms with Crippen molar-refractivity contribution in [3.63, 3.8) is 0 Å². The van der Waals surface area contributed by atoms with Crippen LogP contribution in [-0.2, 0) is 4.74 Å². The van der Waals surface area contributed by atoms with Gasteiger partial charge in [-0.05, 0) is 18.8 Å². The Hall–Kier alpha value is -0.160. The summed E-state index contributed by atoms with van der Waals surface area (Å²) < 4.78 is 5.30. The van der Waals surface area contributed by atoms with E-state index in [9.17, 15) is 5.11 Å². The van der Waals surface area contributed by atoms with Crippen LogP contribution in [0.1, 0.15) is 12.8 Å². The normalized spacial score (nSPS) is 37.9. The average molecular weight is 200 g/mol. The second-order valence-corrected chi connectivity index (χ2v) is 4.38. The molecule has 4 nitrogen and oxygen atoms in total. The second-order valence-electron chi connectivity index (χ2n) is 4.38. The van der Waals surface area contributed by atoms with E-state index in [1.54, 1.807) is 0 Å². The first kappa shape index (κ1) is 10.4. The quantitative estimate of drug-likeness (QED) is 0.564. The van der Waals surface area contributed by atoms with E-state index in [2.05, 4.69) is 10.6 Å². The number of nitrogens with one attached hydrogen (secondary N) is 2. The number of rotatable bonds is 4. The van der Waals surface area contributed by atoms with Crippen LogP contribution in [0.4, 0.5) is 0 Å². The fraction of sp³-hybridized carbons (Fsp3) is 1.00. The van der Waals surface area contributed by atoms with Crippen molar-refractivity contribution in [2.45, 2.75) is 25.0 Å². The molecule has 3 N–H and O–H groups in total. The Bertz CT molecular complexity index is 172. The lowest BCUT2D eigenvalue weighted by atomic mass is 10.1. The zero-order valence-corrected chi connectivity index (χ0v) is 8.54. The molecule has 2 aliphatic heterocycles. The molecule has 2 aliphatic rings. The number of aliphatic hydroxyl groups excluding tert-OH is 1. The predicted octanol–water partition coefficient (Wildman–Crippen LogP) is -0.665. The minimum absolute atomic E-state index is 0.142. The third kappa shape index (κ3) is 2.92. The summed E-state index contributed by atoms with van der Waals surface area (Å²) in [4.78, 5) is 0. The van der Waals surface area contributed by atoms with Gasteiger partial charge in [-0.2, -0.15) is 0 Å². The fourth-order valence-corrected chi connectivity index (χ4v) is 2.16. The fourth-order valence-electron chi connectivity index (χ4n) is 2.16. The summed E-state index contributed by atoms with van der Waals surface area (Å²) in [6, 6.07) is 0.451. The van der Waals surface area contributed by atoms with Crippen LogP contribution in [0.25, 0.3) is 0 Å². The molecule has 2 heterocycles. The molecule has 0 aromatic carbocycles. The van der Waals surface area contributed by atoms with Gasteiger partial charge >= 0.3 is 0 Å². The molecule has 0 amide bonds. The Morgan fingerprint density at radius 2 is 2.36 bits per heavy atom. The van der Waals surface area contributed by atoms with Crippen molar-refractivity contribution in [2.75, 3.05) is 32.8 Å². The highest BCUT2D eigenvalue weighted by atomic mass is 16.5. The van der Waals surface area contributed by atoms with E-state index in [1.165, 1.54) is 6.42 Å². The van der Waals surface area contributed by atoms with Gasteiger partial charge in [0.2, 0.25) is 0 Å². The lowest BCUT2D eigenvalue weighted by Crippen LogP contribution is -2.36. The molecule has 0 aromatic rings. The first-order valence-corrected chi connectivity index (χ1v) is 5.54. The third-order valence-corrected chi connectivity index (χ3v) is 3.05. The zero-order chi connectivity index (χ0) is 9.80. The van der Waals surface area contributed by atoms with Crippen LogP contribution in [0, 0.1) is 5.92 Å². The third-order valence-electron chi connectivity index (χ3n) is 3.05. The van der Waals surface area contributed by atoms with E-state index < -0.39 is 0 Å². The number of ether oxygens (including phenoxy) is 1. The van der Waals surface area contributed by atoms with Gasteiger partial charge in [0, 0.05) is 32.3 Å². The lowest BCUT2D eigenvalue weighted by Gasteiger charge is -2.13. The van der Waals surface area contributed by atoms with Crippen LogP contribution in [0.2, 0.25) is 0 Å². The maximum atomic E-state index is 9.30. The van der Waals surface area contributed by atoms with Crippen LogP contribution in [-0.4, -0.2) is 50.1 Å². The minimum Gasteiger partial charge on any atom is -0.392 e. The van der Waals surface area contributed by atoms with Crippen molar-refractivity contribution < 1.29 is 9.84 Å². The molecule has 0 spiro atoms. The molecular weight excluding hydrogens is 180 g/mol. The molecule has 0 aliphatic carbocycles. The minimum atomic E-state index is -0.142. The monoisotopic (exact) mass is 200 g/mol. The van der Waals surface area contributed by atoms with E-state index in [-0.39, 0.29) is 6.10 Å². The smallest absolute Gasteiger partial charge is 0.0680 e. The van der Waals surface area contributed by atoms with Crippen molar-refractivity contribution >= 4 is 0 Å². The molecule has 0 radical (unpaired) electrons. The van der Waals surface area contributed by atoms with Gasteiger partial charge in [-0.25, -0.2) is 0 Å². The lowest BCUT2D eigenvalue weighted by molar-refractivity contribution is 0.184. The van der Waals surface area contributed by atoms with E-state index in [1.807, 2.05) is 0 Å². The first-order chi connectivity index (χ1) is 6.84. The molecule has 14 heavy (non-hydrogen) atoms. The molecule has 2 rings (SSSR count). The average Bonchev–Trinajstić information content (AvgIpc) is 2.77. The van der Waals surface area contributed by atoms with Crippen LogP contribution < -0.4 is 10.6 Å². The molecule has 3 atom stereocenters. The molecular formula is C10H20N2O2. The largest absolute Gasteiger partial charge is 0.392 e. The van der Waals surface area contributed by atoms with Gasteiger partial charge < -0.3 is 20.5 Å². The molecule has 2 saturated heterocycles. The molecule has 0 saturated carbocycles. The van der Waals surface area contributed by atoms with Crippen LogP contribution >= 0.6 is 0 Å². The summed E-state index contributed by atoms with van der Waals surface area (Å²) in [6.45, 7) is 4.60. The molecule has 0 bridgehead atoms. The molecule has 0 aromatic heterocycles. The Morgan fingerprint density at radius 1 is 1.43 bits per heavy atom. The van der Waals surface area contributed by atoms with Gasteiger partial charge in [-0.3, -0.25) is 0 Å². The van der Waals surface area contributed by atoms with Crippen LogP contribution in [0.5, 0.6) is 0 Å². The van der Waals surface area contributed by atoms with Crippen LogP contribution in [0.15, 0.2) is 0 Å². The van der Waals surface area contributed by atoms with Crippen LogP contribution in [0.3, 0.4) is 0 Å². The highest BCUT2D eigenvalue weighted by Crippen LogP contribution is 2.11. The van der Waals surface area contributed by atoms with Crippen molar-refractivity contribution in [2.24, 2.45) is 5.92 Å². The summed E-state index contributed by atoms with van der Waals surface area (Å²) in [7, 11) is 0. The molecule has 82 valence electrons. The van der Waals surface area contributed by atoms with Gasteiger partial charge in [-0.15, -0.1) is 0 Å². The Labute approximate surface area is 85.0 Å². The summed E-state index contributed by atoms with van der Waals surface area (Å²) in [5, 5.41) is 16.0. The van der Waals surface area contributed by atoms with E-state index in [0.29, 0.717) is 12.0 Å². The van der Waals surface area contributed by atoms with Gasteiger partial charge in [0.15, 0.2) is 0 Å². The highest BCUT2D eigenvalue weighted by molar-refractivity contribution is 4.82. The molecule has 3 unspecified atom stereocenters. The SMILES string of the molecule is OC1CNC(CNCC2CCOC2)C1. The van der Waals surface area contributed by atoms with Crippen molar-refractivity contribution in [1.82, 2.24) is 10.6 Å². The van der Waals surface area contributed by atoms with Crippen molar-refractivity contribution in [3.8, 4) is 0 Å². The summed E-state index contributed by atoms with van der Waals surface area (Å²) >= 11 is 0. The molecule has 2 fully saturated rings. The highest BCUT2D eigenvalue weighted by Gasteiger charge is 2.22. The second kappa shape index (κ2) is 5.07. The maximum Gasteiger partial charge on any atom is 0.0680 e.